The summed E-state index contributed by atoms with van der Waals surface area (Å²) in [7, 11) is -3.45. The maximum absolute atomic E-state index is 13.2. The summed E-state index contributed by atoms with van der Waals surface area (Å²) in [5.74, 6) is 0.915. The predicted octanol–water partition coefficient (Wildman–Crippen LogP) is 5.48. The smallest absolute Gasteiger partial charge is 0.230 e. The van der Waals surface area contributed by atoms with E-state index in [9.17, 15) is 18.5 Å². The highest BCUT2D eigenvalue weighted by Crippen LogP contribution is 2.46. The molecule has 0 unspecified atom stereocenters. The Bertz CT molecular complexity index is 1650. The van der Waals surface area contributed by atoms with Gasteiger partial charge in [-0.2, -0.15) is 5.26 Å². The fourth-order valence-electron chi connectivity index (χ4n) is 6.70. The zero-order chi connectivity index (χ0) is 30.0. The Morgan fingerprint density at radius 1 is 1.09 bits per heavy atom. The van der Waals surface area contributed by atoms with Gasteiger partial charge in [0.15, 0.2) is 0 Å². The number of nitrogens with zero attached hydrogens (tertiary/aromatic N) is 2. The molecule has 3 aliphatic rings. The van der Waals surface area contributed by atoms with E-state index in [1.165, 1.54) is 22.9 Å². The Morgan fingerprint density at radius 3 is 2.59 bits per heavy atom. The summed E-state index contributed by atoms with van der Waals surface area (Å²) in [5, 5.41) is 12.5. The summed E-state index contributed by atoms with van der Waals surface area (Å²) in [6.45, 7) is 1.81. The fourth-order valence-corrected chi connectivity index (χ4v) is 7.98. The van der Waals surface area contributed by atoms with Crippen LogP contribution in [-0.4, -0.2) is 56.0 Å². The number of anilines is 1. The monoisotopic (exact) mass is 652 g/mol. The van der Waals surface area contributed by atoms with Crippen molar-refractivity contribution in [3.63, 3.8) is 0 Å². The standard InChI is InChI=1S/C33H36N4O4S2.ClH/c1-43(39,40)36-26-10-12-31-29(19-26)30(35-32(38)22-42-28-5-3-2-4-6-28)20-33(41-31)13-15-37(16-14-33)27-11-9-24-17-23(21-34)7-8-25(24)18-27;/h2-8,10,12,17,19,27,30,36H,9,11,13-16,18,20,22H2,1H3,(H,35,38);1H/t27-,30+;/m1./s1. The van der Waals surface area contributed by atoms with Crippen LogP contribution in [0.2, 0.25) is 0 Å². The number of ether oxygens (including phenoxy) is 1. The molecule has 3 aromatic carbocycles. The van der Waals surface area contributed by atoms with Gasteiger partial charge in [-0.15, -0.1) is 24.2 Å². The van der Waals surface area contributed by atoms with E-state index < -0.39 is 15.6 Å². The van der Waals surface area contributed by atoms with Crippen molar-refractivity contribution in [3.05, 3.63) is 89.0 Å². The van der Waals surface area contributed by atoms with Crippen molar-refractivity contribution in [2.24, 2.45) is 0 Å². The van der Waals surface area contributed by atoms with Gasteiger partial charge in [-0.25, -0.2) is 8.42 Å². The molecule has 0 bridgehead atoms. The zero-order valence-electron chi connectivity index (χ0n) is 24.6. The molecule has 6 rings (SSSR count). The van der Waals surface area contributed by atoms with Gasteiger partial charge in [0, 0.05) is 41.7 Å². The minimum atomic E-state index is -3.45. The molecule has 1 amide bonds. The molecular formula is C33H37ClN4O4S2. The molecule has 2 aliphatic heterocycles. The van der Waals surface area contributed by atoms with Gasteiger partial charge in [-0.3, -0.25) is 14.4 Å². The Kier molecular flexibility index (Phi) is 9.80. The van der Waals surface area contributed by atoms with E-state index in [2.05, 4.69) is 27.1 Å². The zero-order valence-corrected chi connectivity index (χ0v) is 27.1. The molecule has 3 aromatic rings. The van der Waals surface area contributed by atoms with Gasteiger partial charge in [0.25, 0.3) is 0 Å². The Hall–Kier alpha value is -3.23. The number of carbonyl (C=O) groups excluding carboxylic acids is 1. The molecule has 2 atom stereocenters. The molecule has 44 heavy (non-hydrogen) atoms. The van der Waals surface area contributed by atoms with Crippen LogP contribution in [0.1, 0.15) is 54.0 Å². The van der Waals surface area contributed by atoms with Crippen LogP contribution in [0, 0.1) is 11.3 Å². The lowest BCUT2D eigenvalue weighted by Gasteiger charge is -2.49. The summed E-state index contributed by atoms with van der Waals surface area (Å²) >= 11 is 1.49. The average molecular weight is 653 g/mol. The largest absolute Gasteiger partial charge is 0.487 e. The maximum Gasteiger partial charge on any atom is 0.230 e. The summed E-state index contributed by atoms with van der Waals surface area (Å²) in [6, 6.07) is 23.7. The van der Waals surface area contributed by atoms with Gasteiger partial charge in [-0.1, -0.05) is 24.3 Å². The Balaban J connectivity index is 0.00000384. The topological polar surface area (TPSA) is 112 Å². The van der Waals surface area contributed by atoms with E-state index in [-0.39, 0.29) is 30.1 Å². The highest BCUT2D eigenvalue weighted by Gasteiger charge is 2.45. The molecule has 1 aliphatic carbocycles. The van der Waals surface area contributed by atoms with Gasteiger partial charge < -0.3 is 10.1 Å². The van der Waals surface area contributed by atoms with Crippen LogP contribution in [0.3, 0.4) is 0 Å². The van der Waals surface area contributed by atoms with Crippen LogP contribution < -0.4 is 14.8 Å². The first kappa shape index (κ1) is 32.2. The van der Waals surface area contributed by atoms with Crippen molar-refractivity contribution in [1.29, 1.82) is 5.26 Å². The number of carbonyl (C=O) groups is 1. The van der Waals surface area contributed by atoms with Gasteiger partial charge >= 0.3 is 0 Å². The molecule has 1 fully saturated rings. The van der Waals surface area contributed by atoms with Crippen LogP contribution in [0.15, 0.2) is 71.6 Å². The van der Waals surface area contributed by atoms with E-state index in [4.69, 9.17) is 4.74 Å². The van der Waals surface area contributed by atoms with Crippen molar-refractivity contribution in [1.82, 2.24) is 10.2 Å². The highest BCUT2D eigenvalue weighted by atomic mass is 35.5. The minimum Gasteiger partial charge on any atom is -0.487 e. The first-order chi connectivity index (χ1) is 20.7. The van der Waals surface area contributed by atoms with Gasteiger partial charge in [0.2, 0.25) is 15.9 Å². The molecule has 11 heteroatoms. The number of hydrogen-bond acceptors (Lipinski definition) is 7. The van der Waals surface area contributed by atoms with Crippen molar-refractivity contribution < 1.29 is 17.9 Å². The SMILES string of the molecule is CS(=O)(=O)Nc1ccc2c(c1)[C@@H](NC(=O)CSc1ccccc1)CC1(CCN([C@@H]3CCc4cc(C#N)ccc4C3)CC1)O2.Cl. The molecule has 232 valence electrons. The minimum absolute atomic E-state index is 0. The number of likely N-dealkylation sites (tertiary alicyclic amines) is 1. The lowest BCUT2D eigenvalue weighted by Crippen LogP contribution is -2.54. The number of aryl methyl sites for hydroxylation is 1. The third-order valence-corrected chi connectivity index (χ3v) is 10.4. The predicted molar refractivity (Wildman–Crippen MR) is 176 cm³/mol. The van der Waals surface area contributed by atoms with Crippen LogP contribution in [-0.2, 0) is 27.7 Å². The van der Waals surface area contributed by atoms with Crippen LogP contribution in [0.5, 0.6) is 5.75 Å². The molecule has 0 aromatic heterocycles. The lowest BCUT2D eigenvalue weighted by molar-refractivity contribution is -0.120. The van der Waals surface area contributed by atoms with Crippen molar-refractivity contribution in [2.45, 2.75) is 61.1 Å². The normalized spacial score (nSPS) is 20.6. The summed E-state index contributed by atoms with van der Waals surface area (Å²) in [4.78, 5) is 16.8. The Morgan fingerprint density at radius 2 is 1.86 bits per heavy atom. The second-order valence-electron chi connectivity index (χ2n) is 11.9. The fraction of sp³-hybridized carbons (Fsp3) is 0.394. The summed E-state index contributed by atoms with van der Waals surface area (Å²) < 4.78 is 33.1. The van der Waals surface area contributed by atoms with Crippen molar-refractivity contribution in [3.8, 4) is 11.8 Å². The molecule has 1 spiro atoms. The first-order valence-electron chi connectivity index (χ1n) is 14.7. The number of fused-ring (bicyclic) bond motifs is 2. The number of piperidine rings is 1. The molecule has 0 saturated carbocycles. The van der Waals surface area contributed by atoms with Crippen LogP contribution in [0.25, 0.3) is 0 Å². The number of thioether (sulfide) groups is 1. The van der Waals surface area contributed by atoms with Gasteiger partial charge in [-0.05, 0) is 85.7 Å². The third kappa shape index (κ3) is 7.52. The second kappa shape index (κ2) is 13.4. The quantitative estimate of drug-likeness (QED) is 0.325. The third-order valence-electron chi connectivity index (χ3n) is 8.80. The number of rotatable bonds is 7. The highest BCUT2D eigenvalue weighted by molar-refractivity contribution is 8.00. The summed E-state index contributed by atoms with van der Waals surface area (Å²) in [6.07, 6.45) is 6.50. The number of nitriles is 1. The van der Waals surface area contributed by atoms with E-state index in [1.54, 1.807) is 12.1 Å². The van der Waals surface area contributed by atoms with E-state index in [0.29, 0.717) is 23.9 Å². The van der Waals surface area contributed by atoms with Crippen LogP contribution >= 0.6 is 24.2 Å². The molecule has 2 N–H and O–H groups in total. The molecule has 2 heterocycles. The van der Waals surface area contributed by atoms with E-state index in [0.717, 1.165) is 67.5 Å². The number of halogens is 1. The molecule has 8 nitrogen and oxygen atoms in total. The van der Waals surface area contributed by atoms with Crippen molar-refractivity contribution in [2.75, 3.05) is 29.8 Å². The number of benzene rings is 3. The average Bonchev–Trinajstić information content (AvgIpc) is 3.00. The maximum atomic E-state index is 13.2. The molecule has 1 saturated heterocycles. The number of nitrogens with one attached hydrogen (secondary N) is 2. The molecule has 0 radical (unpaired) electrons. The number of sulfonamides is 1. The van der Waals surface area contributed by atoms with Crippen LogP contribution in [0.4, 0.5) is 5.69 Å². The second-order valence-corrected chi connectivity index (χ2v) is 14.7. The van der Waals surface area contributed by atoms with E-state index >= 15 is 0 Å². The number of amides is 1. The number of hydrogen-bond donors (Lipinski definition) is 2. The van der Waals surface area contributed by atoms with E-state index in [1.807, 2.05) is 48.5 Å². The molecular weight excluding hydrogens is 616 g/mol. The Labute approximate surface area is 270 Å². The summed E-state index contributed by atoms with van der Waals surface area (Å²) in [5.41, 5.74) is 4.20. The van der Waals surface area contributed by atoms with Gasteiger partial charge in [0.05, 0.1) is 29.7 Å². The first-order valence-corrected chi connectivity index (χ1v) is 17.6. The lowest BCUT2D eigenvalue weighted by atomic mass is 9.79. The van der Waals surface area contributed by atoms with Gasteiger partial charge in [0.1, 0.15) is 11.4 Å². The van der Waals surface area contributed by atoms with Crippen molar-refractivity contribution >= 4 is 45.8 Å².